The zero-order valence-corrected chi connectivity index (χ0v) is 12.6. The van der Waals surface area contributed by atoms with E-state index in [1.165, 1.54) is 31.2 Å². The lowest BCUT2D eigenvalue weighted by molar-refractivity contribution is 0.126. The Morgan fingerprint density at radius 2 is 2.18 bits per heavy atom. The van der Waals surface area contributed by atoms with Crippen molar-refractivity contribution in [3.8, 4) is 0 Å². The molecule has 0 bridgehead atoms. The number of nitrogens with one attached hydrogen (secondary N) is 1. The van der Waals surface area contributed by atoms with Crippen molar-refractivity contribution in [1.29, 1.82) is 0 Å². The van der Waals surface area contributed by atoms with Crippen LogP contribution in [0.3, 0.4) is 0 Å². The first-order valence-electron chi connectivity index (χ1n) is 8.18. The number of rotatable bonds is 4. The number of hydrogen-bond donors (Lipinski definition) is 1. The maximum Gasteiger partial charge on any atom is 0.247 e. The lowest BCUT2D eigenvalue weighted by Gasteiger charge is -2.35. The quantitative estimate of drug-likeness (QED) is 0.943. The molecule has 116 valence electrons. The van der Waals surface area contributed by atoms with Crippen molar-refractivity contribution < 1.29 is 4.52 Å². The molecule has 0 spiro atoms. The van der Waals surface area contributed by atoms with Crippen molar-refractivity contribution in [3.63, 3.8) is 0 Å². The van der Waals surface area contributed by atoms with E-state index in [1.807, 2.05) is 12.3 Å². The van der Waals surface area contributed by atoms with Gasteiger partial charge in [0, 0.05) is 30.3 Å². The third-order valence-corrected chi connectivity index (χ3v) is 4.74. The summed E-state index contributed by atoms with van der Waals surface area (Å²) in [5.41, 5.74) is 2.25. The molecule has 2 aliphatic rings. The number of pyridine rings is 1. The molecule has 2 aromatic heterocycles. The summed E-state index contributed by atoms with van der Waals surface area (Å²) in [7, 11) is 0. The van der Waals surface area contributed by atoms with E-state index in [2.05, 4.69) is 21.1 Å². The van der Waals surface area contributed by atoms with E-state index >= 15 is 0 Å². The fourth-order valence-corrected chi connectivity index (χ4v) is 3.36. The van der Waals surface area contributed by atoms with Gasteiger partial charge in [0.25, 0.3) is 0 Å². The van der Waals surface area contributed by atoms with Crippen LogP contribution in [0, 0.1) is 0 Å². The van der Waals surface area contributed by atoms with E-state index in [-0.39, 0.29) is 5.56 Å². The molecule has 1 aliphatic heterocycles. The fraction of sp³-hybridized carbons (Fsp3) is 0.529. The Morgan fingerprint density at radius 1 is 1.27 bits per heavy atom. The van der Waals surface area contributed by atoms with Crippen LogP contribution in [0.2, 0.25) is 0 Å². The van der Waals surface area contributed by atoms with Gasteiger partial charge in [-0.3, -0.25) is 9.69 Å². The second-order valence-corrected chi connectivity index (χ2v) is 6.46. The zero-order valence-electron chi connectivity index (χ0n) is 12.6. The predicted molar refractivity (Wildman–Crippen MR) is 82.5 cm³/mol. The van der Waals surface area contributed by atoms with Crippen molar-refractivity contribution in [2.75, 3.05) is 6.54 Å². The first kappa shape index (κ1) is 13.8. The largest absolute Gasteiger partial charge is 0.360 e. The van der Waals surface area contributed by atoms with Crippen molar-refractivity contribution >= 4 is 0 Å². The second kappa shape index (κ2) is 5.72. The average molecular weight is 299 g/mol. The number of aromatic amines is 1. The van der Waals surface area contributed by atoms with E-state index in [4.69, 9.17) is 4.52 Å². The third kappa shape index (κ3) is 2.86. The van der Waals surface area contributed by atoms with Gasteiger partial charge in [0.2, 0.25) is 5.56 Å². The molecule has 0 aromatic carbocycles. The van der Waals surface area contributed by atoms with E-state index in [1.54, 1.807) is 6.07 Å². The molecule has 4 rings (SSSR count). The van der Waals surface area contributed by atoms with Crippen molar-refractivity contribution in [2.24, 2.45) is 0 Å². The summed E-state index contributed by atoms with van der Waals surface area (Å²) in [5.74, 6) is 1.59. The van der Waals surface area contributed by atoms with Crippen LogP contribution in [0.25, 0.3) is 0 Å². The van der Waals surface area contributed by atoms with Crippen LogP contribution in [0.5, 0.6) is 0 Å². The molecule has 2 fully saturated rings. The molecule has 5 nitrogen and oxygen atoms in total. The Morgan fingerprint density at radius 3 is 2.95 bits per heavy atom. The average Bonchev–Trinajstić information content (AvgIpc) is 3.29. The molecule has 1 aliphatic carbocycles. The molecule has 0 amide bonds. The van der Waals surface area contributed by atoms with Crippen LogP contribution in [0.15, 0.2) is 33.7 Å². The SMILES string of the molecule is O=c1ccc(C2CCCCN2Cc2cc(C3CC3)no2)c[nH]1. The smallest absolute Gasteiger partial charge is 0.247 e. The molecular weight excluding hydrogens is 278 g/mol. The molecule has 2 aromatic rings. The molecule has 1 atom stereocenters. The summed E-state index contributed by atoms with van der Waals surface area (Å²) in [6, 6.07) is 6.02. The summed E-state index contributed by atoms with van der Waals surface area (Å²) >= 11 is 0. The Bertz CT molecular complexity index is 681. The normalized spacial score (nSPS) is 22.8. The molecule has 1 saturated carbocycles. The molecule has 22 heavy (non-hydrogen) atoms. The van der Waals surface area contributed by atoms with Gasteiger partial charge in [-0.1, -0.05) is 17.6 Å². The molecule has 5 heteroatoms. The third-order valence-electron chi connectivity index (χ3n) is 4.74. The second-order valence-electron chi connectivity index (χ2n) is 6.46. The molecule has 1 saturated heterocycles. The van der Waals surface area contributed by atoms with Crippen LogP contribution >= 0.6 is 0 Å². The number of hydrogen-bond acceptors (Lipinski definition) is 4. The highest BCUT2D eigenvalue weighted by molar-refractivity contribution is 5.17. The van der Waals surface area contributed by atoms with Crippen molar-refractivity contribution in [3.05, 3.63) is 51.8 Å². The highest BCUT2D eigenvalue weighted by Crippen LogP contribution is 2.40. The van der Waals surface area contributed by atoms with Gasteiger partial charge in [-0.25, -0.2) is 0 Å². The molecule has 1 unspecified atom stereocenters. The van der Waals surface area contributed by atoms with Crippen LogP contribution in [-0.2, 0) is 6.54 Å². The van der Waals surface area contributed by atoms with Gasteiger partial charge in [-0.15, -0.1) is 0 Å². The number of piperidine rings is 1. The highest BCUT2D eigenvalue weighted by atomic mass is 16.5. The van der Waals surface area contributed by atoms with Gasteiger partial charge in [-0.2, -0.15) is 0 Å². The Hall–Kier alpha value is -1.88. The van der Waals surface area contributed by atoms with Gasteiger partial charge in [0.15, 0.2) is 5.76 Å². The lowest BCUT2D eigenvalue weighted by atomic mass is 9.96. The number of aromatic nitrogens is 2. The maximum atomic E-state index is 11.3. The summed E-state index contributed by atoms with van der Waals surface area (Å²) in [4.78, 5) is 16.5. The van der Waals surface area contributed by atoms with Crippen LogP contribution in [0.4, 0.5) is 0 Å². The van der Waals surface area contributed by atoms with E-state index < -0.39 is 0 Å². The summed E-state index contributed by atoms with van der Waals surface area (Å²) < 4.78 is 5.52. The highest BCUT2D eigenvalue weighted by Gasteiger charge is 2.29. The minimum absolute atomic E-state index is 0.0459. The van der Waals surface area contributed by atoms with Gasteiger partial charge >= 0.3 is 0 Å². The van der Waals surface area contributed by atoms with Crippen molar-refractivity contribution in [2.45, 2.75) is 50.6 Å². The number of H-pyrrole nitrogens is 1. The fourth-order valence-electron chi connectivity index (χ4n) is 3.36. The van der Waals surface area contributed by atoms with Crippen LogP contribution < -0.4 is 5.56 Å². The Labute approximate surface area is 129 Å². The number of likely N-dealkylation sites (tertiary alicyclic amines) is 1. The van der Waals surface area contributed by atoms with E-state index in [0.29, 0.717) is 12.0 Å². The first-order valence-corrected chi connectivity index (χ1v) is 8.18. The van der Waals surface area contributed by atoms with Crippen LogP contribution in [0.1, 0.15) is 61.1 Å². The molecule has 0 radical (unpaired) electrons. The van der Waals surface area contributed by atoms with Crippen LogP contribution in [-0.4, -0.2) is 21.6 Å². The summed E-state index contributed by atoms with van der Waals surface area (Å²) in [6.07, 6.45) is 7.90. The maximum absolute atomic E-state index is 11.3. The lowest BCUT2D eigenvalue weighted by Crippen LogP contribution is -2.33. The molecule has 3 heterocycles. The summed E-state index contributed by atoms with van der Waals surface area (Å²) in [6.45, 7) is 1.85. The monoisotopic (exact) mass is 299 g/mol. The topological polar surface area (TPSA) is 62.1 Å². The Kier molecular flexibility index (Phi) is 3.58. The molecule has 1 N–H and O–H groups in total. The molecular formula is C17H21N3O2. The van der Waals surface area contributed by atoms with Gasteiger partial charge in [-0.05, 0) is 37.8 Å². The number of nitrogens with zero attached hydrogens (tertiary/aromatic N) is 2. The van der Waals surface area contributed by atoms with Gasteiger partial charge in [0.1, 0.15) is 0 Å². The minimum atomic E-state index is -0.0459. The first-order chi connectivity index (χ1) is 10.8. The van der Waals surface area contributed by atoms with Gasteiger partial charge < -0.3 is 9.51 Å². The standard InChI is InChI=1S/C17H21N3O2/c21-17-7-6-13(10-18-17)16-3-1-2-8-20(16)11-14-9-15(19-22-14)12-4-5-12/h6-7,9-10,12,16H,1-5,8,11H2,(H,18,21). The minimum Gasteiger partial charge on any atom is -0.360 e. The predicted octanol–water partition coefficient (Wildman–Crippen LogP) is 2.97. The van der Waals surface area contributed by atoms with E-state index in [0.717, 1.165) is 31.0 Å². The van der Waals surface area contributed by atoms with Gasteiger partial charge in [0.05, 0.1) is 12.2 Å². The zero-order chi connectivity index (χ0) is 14.9. The Balaban J connectivity index is 1.51. The summed E-state index contributed by atoms with van der Waals surface area (Å²) in [5, 5.41) is 4.20. The van der Waals surface area contributed by atoms with E-state index in [9.17, 15) is 4.79 Å². The van der Waals surface area contributed by atoms with Crippen molar-refractivity contribution in [1.82, 2.24) is 15.0 Å².